The summed E-state index contributed by atoms with van der Waals surface area (Å²) in [5, 5.41) is 5.33. The number of carbonyl (C=O) groups is 1. The number of thiazole rings is 1. The number of halogens is 2. The molecule has 0 saturated heterocycles. The van der Waals surface area contributed by atoms with Gasteiger partial charge in [-0.1, -0.05) is 25.3 Å². The number of rotatable bonds is 5. The first-order valence-electron chi connectivity index (χ1n) is 8.82. The molecule has 4 rings (SSSR count). The highest BCUT2D eigenvalue weighted by atomic mass is 32.1. The monoisotopic (exact) mass is 375 g/mol. The van der Waals surface area contributed by atoms with Crippen molar-refractivity contribution in [2.45, 2.75) is 44.6 Å². The van der Waals surface area contributed by atoms with Crippen LogP contribution in [0.4, 0.5) is 14.6 Å². The van der Waals surface area contributed by atoms with Gasteiger partial charge in [-0.05, 0) is 25.0 Å². The van der Waals surface area contributed by atoms with Crippen LogP contribution >= 0.6 is 11.3 Å². The molecule has 4 nitrogen and oxygen atoms in total. The fourth-order valence-corrected chi connectivity index (χ4v) is 4.52. The van der Waals surface area contributed by atoms with Crippen LogP contribution in [-0.4, -0.2) is 21.7 Å². The molecule has 1 aliphatic rings. The van der Waals surface area contributed by atoms with Crippen molar-refractivity contribution in [3.63, 3.8) is 0 Å². The van der Waals surface area contributed by atoms with Crippen LogP contribution in [0.2, 0.25) is 0 Å². The van der Waals surface area contributed by atoms with E-state index in [0.717, 1.165) is 37.7 Å². The molecule has 0 radical (unpaired) electrons. The van der Waals surface area contributed by atoms with Gasteiger partial charge in [0.05, 0.1) is 5.56 Å². The highest BCUT2D eigenvalue weighted by molar-refractivity contribution is 7.15. The Morgan fingerprint density at radius 2 is 1.96 bits per heavy atom. The van der Waals surface area contributed by atoms with E-state index in [0.29, 0.717) is 10.8 Å². The second-order valence-electron chi connectivity index (χ2n) is 6.60. The molecule has 7 heteroatoms. The number of aldehydes is 1. The van der Waals surface area contributed by atoms with Crippen molar-refractivity contribution in [1.82, 2.24) is 9.38 Å². The number of anilines is 1. The molecule has 0 aliphatic heterocycles. The van der Waals surface area contributed by atoms with Gasteiger partial charge in [0.25, 0.3) is 0 Å². The van der Waals surface area contributed by atoms with E-state index in [1.165, 1.54) is 36.0 Å². The van der Waals surface area contributed by atoms with Gasteiger partial charge >= 0.3 is 0 Å². The Hall–Kier alpha value is -2.28. The number of aromatic nitrogens is 2. The largest absolute Gasteiger partial charge is 0.367 e. The maximum atomic E-state index is 14.4. The Bertz CT molecular complexity index is 924. The van der Waals surface area contributed by atoms with Crippen LogP contribution in [0, 0.1) is 11.6 Å². The van der Waals surface area contributed by atoms with E-state index in [2.05, 4.69) is 10.3 Å². The molecule has 0 unspecified atom stereocenters. The second-order valence-corrected chi connectivity index (χ2v) is 7.44. The molecular weight excluding hydrogens is 356 g/mol. The van der Waals surface area contributed by atoms with Crippen LogP contribution in [0.3, 0.4) is 0 Å². The van der Waals surface area contributed by atoms with Gasteiger partial charge in [-0.2, -0.15) is 0 Å². The summed E-state index contributed by atoms with van der Waals surface area (Å²) in [6, 6.07) is 4.06. The fourth-order valence-electron chi connectivity index (χ4n) is 3.62. The third kappa shape index (κ3) is 3.00. The van der Waals surface area contributed by atoms with Crippen molar-refractivity contribution in [2.75, 3.05) is 5.32 Å². The highest BCUT2D eigenvalue weighted by Gasteiger charge is 2.25. The average molecular weight is 375 g/mol. The summed E-state index contributed by atoms with van der Waals surface area (Å²) in [4.78, 5) is 16.2. The molecule has 1 fully saturated rings. The molecule has 2 heterocycles. The van der Waals surface area contributed by atoms with Gasteiger partial charge in [0.2, 0.25) is 0 Å². The zero-order valence-electron chi connectivity index (χ0n) is 14.2. The van der Waals surface area contributed by atoms with Crippen molar-refractivity contribution in [3.05, 3.63) is 40.9 Å². The van der Waals surface area contributed by atoms with Gasteiger partial charge in [-0.3, -0.25) is 4.40 Å². The molecule has 0 spiro atoms. The molecule has 0 atom stereocenters. The van der Waals surface area contributed by atoms with E-state index in [1.807, 2.05) is 9.78 Å². The summed E-state index contributed by atoms with van der Waals surface area (Å²) < 4.78 is 30.6. The van der Waals surface area contributed by atoms with Crippen molar-refractivity contribution in [1.29, 1.82) is 0 Å². The smallest absolute Gasteiger partial charge is 0.196 e. The van der Waals surface area contributed by atoms with Crippen LogP contribution in [0.1, 0.15) is 37.8 Å². The van der Waals surface area contributed by atoms with Crippen LogP contribution in [-0.2, 0) is 11.2 Å². The first kappa shape index (κ1) is 17.1. The standard InChI is InChI=1S/C19H19F2N3OS/c20-14-7-4-8-15(21)16(14)17-18(22-12-5-2-1-3-6-12)24-13(9-10-25)11-26-19(24)23-17/h4,7-8,10-12,22H,1-3,5-6,9H2. The van der Waals surface area contributed by atoms with E-state index in [1.54, 1.807) is 0 Å². The number of carbonyl (C=O) groups excluding carboxylic acids is 1. The topological polar surface area (TPSA) is 46.4 Å². The van der Waals surface area contributed by atoms with E-state index < -0.39 is 11.6 Å². The predicted octanol–water partition coefficient (Wildman–Crippen LogP) is 4.83. The van der Waals surface area contributed by atoms with Crippen LogP contribution < -0.4 is 5.32 Å². The summed E-state index contributed by atoms with van der Waals surface area (Å²) in [7, 11) is 0. The molecule has 2 aromatic heterocycles. The Kier molecular flexibility index (Phi) is 4.72. The summed E-state index contributed by atoms with van der Waals surface area (Å²) in [6.45, 7) is 0. The lowest BCUT2D eigenvalue weighted by atomic mass is 9.95. The molecular formula is C19H19F2N3OS. The van der Waals surface area contributed by atoms with Gasteiger partial charge in [0.15, 0.2) is 4.96 Å². The number of benzene rings is 1. The zero-order valence-corrected chi connectivity index (χ0v) is 15.0. The summed E-state index contributed by atoms with van der Waals surface area (Å²) in [5.74, 6) is -0.701. The molecule has 1 aromatic carbocycles. The van der Waals surface area contributed by atoms with E-state index in [4.69, 9.17) is 0 Å². The van der Waals surface area contributed by atoms with Gasteiger partial charge < -0.3 is 10.1 Å². The SMILES string of the molecule is O=CCc1csc2nc(-c3c(F)cccc3F)c(NC3CCCCC3)n12. The molecule has 0 amide bonds. The van der Waals surface area contributed by atoms with Crippen molar-refractivity contribution >= 4 is 28.4 Å². The van der Waals surface area contributed by atoms with Gasteiger partial charge in [0.1, 0.15) is 29.4 Å². The van der Waals surface area contributed by atoms with E-state index >= 15 is 0 Å². The minimum atomic E-state index is -0.639. The molecule has 0 bridgehead atoms. The average Bonchev–Trinajstić information content (AvgIpc) is 3.17. The number of nitrogens with one attached hydrogen (secondary N) is 1. The third-order valence-corrected chi connectivity index (χ3v) is 5.75. The first-order chi connectivity index (χ1) is 12.7. The van der Waals surface area contributed by atoms with Gasteiger partial charge in [-0.15, -0.1) is 11.3 Å². The Morgan fingerprint density at radius 3 is 2.65 bits per heavy atom. The molecule has 3 aromatic rings. The summed E-state index contributed by atoms with van der Waals surface area (Å²) in [5.41, 5.74) is 0.915. The van der Waals surface area contributed by atoms with E-state index in [9.17, 15) is 13.6 Å². The number of nitrogens with zero attached hydrogens (tertiary/aromatic N) is 2. The number of fused-ring (bicyclic) bond motifs is 1. The zero-order chi connectivity index (χ0) is 18.1. The molecule has 1 saturated carbocycles. The lowest BCUT2D eigenvalue weighted by molar-refractivity contribution is -0.107. The molecule has 136 valence electrons. The maximum absolute atomic E-state index is 14.4. The minimum absolute atomic E-state index is 0.126. The fraction of sp³-hybridized carbons (Fsp3) is 0.368. The Balaban J connectivity index is 1.88. The lowest BCUT2D eigenvalue weighted by Crippen LogP contribution is -2.23. The third-order valence-electron chi connectivity index (χ3n) is 4.87. The summed E-state index contributed by atoms with van der Waals surface area (Å²) in [6.07, 6.45) is 6.56. The highest BCUT2D eigenvalue weighted by Crippen LogP contribution is 2.36. The summed E-state index contributed by atoms with van der Waals surface area (Å²) >= 11 is 1.37. The Morgan fingerprint density at radius 1 is 1.23 bits per heavy atom. The van der Waals surface area contributed by atoms with Gasteiger partial charge in [0, 0.05) is 23.5 Å². The van der Waals surface area contributed by atoms with Crippen molar-refractivity contribution in [3.8, 4) is 11.3 Å². The number of imidazole rings is 1. The first-order valence-corrected chi connectivity index (χ1v) is 9.70. The lowest BCUT2D eigenvalue weighted by Gasteiger charge is -2.24. The molecule has 26 heavy (non-hydrogen) atoms. The number of hydrogen-bond acceptors (Lipinski definition) is 4. The maximum Gasteiger partial charge on any atom is 0.196 e. The van der Waals surface area contributed by atoms with E-state index in [-0.39, 0.29) is 23.7 Å². The van der Waals surface area contributed by atoms with Crippen LogP contribution in [0.15, 0.2) is 23.6 Å². The molecule has 1 N–H and O–H groups in total. The van der Waals surface area contributed by atoms with Crippen molar-refractivity contribution < 1.29 is 13.6 Å². The Labute approximate surface area is 153 Å². The quantitative estimate of drug-likeness (QED) is 0.650. The van der Waals surface area contributed by atoms with Crippen molar-refractivity contribution in [2.24, 2.45) is 0 Å². The normalized spacial score (nSPS) is 15.5. The minimum Gasteiger partial charge on any atom is -0.367 e. The van der Waals surface area contributed by atoms with Gasteiger partial charge in [-0.25, -0.2) is 13.8 Å². The van der Waals surface area contributed by atoms with Crippen LogP contribution in [0.5, 0.6) is 0 Å². The second kappa shape index (κ2) is 7.15. The van der Waals surface area contributed by atoms with Crippen LogP contribution in [0.25, 0.3) is 16.2 Å². The predicted molar refractivity (Wildman–Crippen MR) is 98.7 cm³/mol. The molecule has 1 aliphatic carbocycles. The number of hydrogen-bond donors (Lipinski definition) is 1.